The molecule has 0 aliphatic heterocycles. The van der Waals surface area contributed by atoms with Gasteiger partial charge in [-0.1, -0.05) is 30.3 Å². The van der Waals surface area contributed by atoms with E-state index in [-0.39, 0.29) is 11.4 Å². The number of nitriles is 1. The summed E-state index contributed by atoms with van der Waals surface area (Å²) >= 11 is 0. The monoisotopic (exact) mass is 268 g/mol. The van der Waals surface area contributed by atoms with Gasteiger partial charge in [0.1, 0.15) is 11.6 Å². The fourth-order valence-corrected chi connectivity index (χ4v) is 2.17. The van der Waals surface area contributed by atoms with Crippen LogP contribution in [0.2, 0.25) is 0 Å². The van der Waals surface area contributed by atoms with Gasteiger partial charge in [0.2, 0.25) is 0 Å². The molecule has 0 atom stereocenters. The number of nitrogens with zero attached hydrogens (tertiary/aromatic N) is 2. The molecule has 1 heterocycles. The van der Waals surface area contributed by atoms with Crippen molar-refractivity contribution in [3.63, 3.8) is 0 Å². The van der Waals surface area contributed by atoms with Crippen LogP contribution in [0.3, 0.4) is 0 Å². The lowest BCUT2D eigenvalue weighted by Crippen LogP contribution is -2.25. The van der Waals surface area contributed by atoms with Gasteiger partial charge < -0.3 is 5.11 Å². The third-order valence-corrected chi connectivity index (χ3v) is 3.57. The Hall–Kier alpha value is -2.54. The van der Waals surface area contributed by atoms with E-state index in [4.69, 9.17) is 5.26 Å². The third kappa shape index (κ3) is 2.43. The van der Waals surface area contributed by atoms with Crippen molar-refractivity contribution in [2.75, 3.05) is 0 Å². The first-order valence-corrected chi connectivity index (χ1v) is 6.43. The predicted octanol–water partition coefficient (Wildman–Crippen LogP) is 2.29. The van der Waals surface area contributed by atoms with Gasteiger partial charge in [0.25, 0.3) is 5.56 Å². The second-order valence-electron chi connectivity index (χ2n) is 4.75. The number of aryl methyl sites for hydroxylation is 1. The van der Waals surface area contributed by atoms with Crippen LogP contribution < -0.4 is 5.56 Å². The Kier molecular flexibility index (Phi) is 3.90. The van der Waals surface area contributed by atoms with Crippen LogP contribution in [0.1, 0.15) is 22.3 Å². The van der Waals surface area contributed by atoms with E-state index in [0.717, 1.165) is 5.56 Å². The van der Waals surface area contributed by atoms with E-state index in [0.29, 0.717) is 24.1 Å². The van der Waals surface area contributed by atoms with Crippen LogP contribution >= 0.6 is 0 Å². The average Bonchev–Trinajstić information content (AvgIpc) is 2.47. The van der Waals surface area contributed by atoms with Crippen LogP contribution in [-0.4, -0.2) is 9.67 Å². The van der Waals surface area contributed by atoms with Crippen molar-refractivity contribution in [1.82, 2.24) is 4.57 Å². The molecular formula is C16H16N2O2. The van der Waals surface area contributed by atoms with Gasteiger partial charge in [-0.15, -0.1) is 0 Å². The molecule has 0 amide bonds. The maximum absolute atomic E-state index is 12.2. The molecule has 4 nitrogen and oxygen atoms in total. The Balaban J connectivity index is 2.40. The highest BCUT2D eigenvalue weighted by Crippen LogP contribution is 2.20. The van der Waals surface area contributed by atoms with Crippen molar-refractivity contribution >= 4 is 0 Å². The Labute approximate surface area is 117 Å². The Morgan fingerprint density at radius 2 is 1.85 bits per heavy atom. The van der Waals surface area contributed by atoms with E-state index in [1.165, 1.54) is 4.57 Å². The fraction of sp³-hybridized carbons (Fsp3) is 0.250. The van der Waals surface area contributed by atoms with Crippen LogP contribution in [0, 0.1) is 25.2 Å². The lowest BCUT2D eigenvalue weighted by atomic mass is 10.1. The van der Waals surface area contributed by atoms with Crippen molar-refractivity contribution < 1.29 is 5.11 Å². The van der Waals surface area contributed by atoms with E-state index >= 15 is 0 Å². The molecule has 0 fully saturated rings. The van der Waals surface area contributed by atoms with Crippen LogP contribution in [0.25, 0.3) is 0 Å². The Morgan fingerprint density at radius 3 is 2.45 bits per heavy atom. The standard InChI is InChI=1S/C16H16N2O2/c1-11-12(2)15(19)18(16(20)14(11)10-17)9-8-13-6-4-3-5-7-13/h3-7,19H,8-9H2,1-2H3. The third-order valence-electron chi connectivity index (χ3n) is 3.57. The zero-order chi connectivity index (χ0) is 14.7. The SMILES string of the molecule is Cc1c(C)c(O)n(CCc2ccccc2)c(=O)c1C#N. The van der Waals surface area contributed by atoms with Crippen molar-refractivity contribution in [3.8, 4) is 11.9 Å². The number of pyridine rings is 1. The molecule has 2 rings (SSSR count). The summed E-state index contributed by atoms with van der Waals surface area (Å²) in [5, 5.41) is 19.2. The molecule has 0 aliphatic rings. The molecule has 102 valence electrons. The molecule has 1 aromatic heterocycles. The smallest absolute Gasteiger partial charge is 0.271 e. The lowest BCUT2D eigenvalue weighted by Gasteiger charge is -2.13. The Bertz CT molecular complexity index is 725. The molecule has 0 saturated carbocycles. The fourth-order valence-electron chi connectivity index (χ4n) is 2.17. The maximum atomic E-state index is 12.2. The molecule has 0 radical (unpaired) electrons. The molecule has 1 N–H and O–H groups in total. The summed E-state index contributed by atoms with van der Waals surface area (Å²) in [6.07, 6.45) is 0.627. The summed E-state index contributed by atoms with van der Waals surface area (Å²) < 4.78 is 1.27. The highest BCUT2D eigenvalue weighted by Gasteiger charge is 2.15. The molecule has 0 bridgehead atoms. The molecule has 4 heteroatoms. The minimum absolute atomic E-state index is 0.0533. The minimum Gasteiger partial charge on any atom is -0.494 e. The van der Waals surface area contributed by atoms with Gasteiger partial charge in [0, 0.05) is 12.1 Å². The van der Waals surface area contributed by atoms with Crippen molar-refractivity contribution in [2.45, 2.75) is 26.8 Å². The Morgan fingerprint density at radius 1 is 1.20 bits per heavy atom. The van der Waals surface area contributed by atoms with E-state index in [2.05, 4.69) is 0 Å². The molecular weight excluding hydrogens is 252 g/mol. The first-order chi connectivity index (χ1) is 9.56. The average molecular weight is 268 g/mol. The van der Waals surface area contributed by atoms with Gasteiger partial charge in [0.15, 0.2) is 5.88 Å². The van der Waals surface area contributed by atoms with Crippen LogP contribution in [0.5, 0.6) is 5.88 Å². The van der Waals surface area contributed by atoms with Crippen LogP contribution in [-0.2, 0) is 13.0 Å². The van der Waals surface area contributed by atoms with Crippen molar-refractivity contribution in [1.29, 1.82) is 5.26 Å². The molecule has 20 heavy (non-hydrogen) atoms. The van der Waals surface area contributed by atoms with Crippen molar-refractivity contribution in [3.05, 3.63) is 62.9 Å². The van der Waals surface area contributed by atoms with Gasteiger partial charge in [0.05, 0.1) is 0 Å². The predicted molar refractivity (Wildman–Crippen MR) is 76.7 cm³/mol. The highest BCUT2D eigenvalue weighted by atomic mass is 16.3. The first kappa shape index (κ1) is 13.9. The molecule has 0 aliphatic carbocycles. The second-order valence-corrected chi connectivity index (χ2v) is 4.75. The highest BCUT2D eigenvalue weighted by molar-refractivity contribution is 5.44. The molecule has 0 saturated heterocycles. The van der Waals surface area contributed by atoms with Gasteiger partial charge in [-0.25, -0.2) is 0 Å². The summed E-state index contributed by atoms with van der Waals surface area (Å²) in [5.74, 6) is -0.0533. The number of benzene rings is 1. The minimum atomic E-state index is -0.427. The quantitative estimate of drug-likeness (QED) is 0.928. The zero-order valence-electron chi connectivity index (χ0n) is 11.6. The largest absolute Gasteiger partial charge is 0.494 e. The molecule has 2 aromatic rings. The van der Waals surface area contributed by atoms with Gasteiger partial charge in [-0.3, -0.25) is 9.36 Å². The van der Waals surface area contributed by atoms with E-state index in [1.807, 2.05) is 36.4 Å². The van der Waals surface area contributed by atoms with Crippen molar-refractivity contribution in [2.24, 2.45) is 0 Å². The van der Waals surface area contributed by atoms with E-state index in [1.54, 1.807) is 13.8 Å². The van der Waals surface area contributed by atoms with Gasteiger partial charge in [-0.2, -0.15) is 5.26 Å². The first-order valence-electron chi connectivity index (χ1n) is 6.43. The van der Waals surface area contributed by atoms with Crippen LogP contribution in [0.15, 0.2) is 35.1 Å². The normalized spacial score (nSPS) is 10.2. The zero-order valence-corrected chi connectivity index (χ0v) is 11.6. The number of hydrogen-bond acceptors (Lipinski definition) is 3. The van der Waals surface area contributed by atoms with E-state index in [9.17, 15) is 9.90 Å². The number of aromatic hydroxyl groups is 1. The molecule has 1 aromatic carbocycles. The number of rotatable bonds is 3. The maximum Gasteiger partial charge on any atom is 0.271 e. The lowest BCUT2D eigenvalue weighted by molar-refractivity contribution is 0.401. The second kappa shape index (κ2) is 5.62. The molecule has 0 spiro atoms. The van der Waals surface area contributed by atoms with E-state index < -0.39 is 5.56 Å². The number of aromatic nitrogens is 1. The topological polar surface area (TPSA) is 66.0 Å². The summed E-state index contributed by atoms with van der Waals surface area (Å²) in [6, 6.07) is 11.6. The summed E-state index contributed by atoms with van der Waals surface area (Å²) in [6.45, 7) is 3.74. The summed E-state index contributed by atoms with van der Waals surface area (Å²) in [4.78, 5) is 12.2. The van der Waals surface area contributed by atoms with Gasteiger partial charge in [-0.05, 0) is 31.4 Å². The summed E-state index contributed by atoms with van der Waals surface area (Å²) in [7, 11) is 0. The van der Waals surface area contributed by atoms with Crippen LogP contribution in [0.4, 0.5) is 0 Å². The summed E-state index contributed by atoms with van der Waals surface area (Å²) in [5.41, 5.74) is 1.88. The van der Waals surface area contributed by atoms with Gasteiger partial charge >= 0.3 is 0 Å². The molecule has 0 unspecified atom stereocenters. The number of hydrogen-bond donors (Lipinski definition) is 1.